The minimum absolute atomic E-state index is 0.0450. The Morgan fingerprint density at radius 3 is 1.74 bits per heavy atom. The van der Waals surface area contributed by atoms with Gasteiger partial charge in [0.05, 0.1) is 6.54 Å². The van der Waals surface area contributed by atoms with Gasteiger partial charge in [-0.1, -0.05) is 45.0 Å². The highest BCUT2D eigenvalue weighted by Gasteiger charge is 2.31. The highest BCUT2D eigenvalue weighted by Crippen LogP contribution is 2.29. The number of amides is 1. The standard InChI is InChI=1S/C26H24F3NO5/c1-25(2,3)18-6-4-17(5-7-18)16-30(23(31)24(32)33)19-8-10-20(11-9-19)34-21-12-14-22(15-13-21)35-26(27,28)29/h4-15H,16H2,1-3H3,(H,32,33). The summed E-state index contributed by atoms with van der Waals surface area (Å²) in [6.45, 7) is 6.29. The van der Waals surface area contributed by atoms with Crippen LogP contribution in [0.1, 0.15) is 31.9 Å². The van der Waals surface area contributed by atoms with Gasteiger partial charge in [0.1, 0.15) is 17.2 Å². The molecular weight excluding hydrogens is 463 g/mol. The van der Waals surface area contributed by atoms with E-state index in [1.807, 2.05) is 24.3 Å². The summed E-state index contributed by atoms with van der Waals surface area (Å²) < 4.78 is 46.3. The maximum absolute atomic E-state index is 12.4. The van der Waals surface area contributed by atoms with E-state index in [4.69, 9.17) is 4.74 Å². The van der Waals surface area contributed by atoms with Crippen molar-refractivity contribution in [2.45, 2.75) is 39.1 Å². The molecule has 0 heterocycles. The molecule has 0 aliphatic rings. The first kappa shape index (κ1) is 25.6. The first-order chi connectivity index (χ1) is 16.3. The number of carbonyl (C=O) groups is 2. The smallest absolute Gasteiger partial charge is 0.474 e. The number of hydrogen-bond acceptors (Lipinski definition) is 4. The maximum Gasteiger partial charge on any atom is 0.573 e. The Kier molecular flexibility index (Phi) is 7.38. The van der Waals surface area contributed by atoms with Gasteiger partial charge in [-0.2, -0.15) is 0 Å². The van der Waals surface area contributed by atoms with Crippen LogP contribution in [0.15, 0.2) is 72.8 Å². The van der Waals surface area contributed by atoms with Gasteiger partial charge in [0, 0.05) is 5.69 Å². The Morgan fingerprint density at radius 1 is 0.800 bits per heavy atom. The predicted octanol–water partition coefficient (Wildman–Crippen LogP) is 6.29. The lowest BCUT2D eigenvalue weighted by Gasteiger charge is -2.23. The summed E-state index contributed by atoms with van der Waals surface area (Å²) in [4.78, 5) is 24.9. The topological polar surface area (TPSA) is 76.1 Å². The van der Waals surface area contributed by atoms with Crippen LogP contribution in [0.2, 0.25) is 0 Å². The molecule has 3 rings (SSSR count). The van der Waals surface area contributed by atoms with Gasteiger partial charge in [-0.05, 0) is 65.1 Å². The van der Waals surface area contributed by atoms with E-state index in [1.165, 1.54) is 36.4 Å². The van der Waals surface area contributed by atoms with Crippen LogP contribution in [0.3, 0.4) is 0 Å². The van der Waals surface area contributed by atoms with Crippen molar-refractivity contribution in [3.63, 3.8) is 0 Å². The third-order valence-electron chi connectivity index (χ3n) is 5.03. The average molecular weight is 487 g/mol. The molecule has 0 fully saturated rings. The molecule has 0 aliphatic carbocycles. The molecule has 3 aromatic rings. The molecule has 0 spiro atoms. The fourth-order valence-corrected chi connectivity index (χ4v) is 3.23. The lowest BCUT2D eigenvalue weighted by molar-refractivity contribution is -0.274. The number of carbonyl (C=O) groups excluding carboxylic acids is 1. The van der Waals surface area contributed by atoms with Crippen molar-refractivity contribution in [2.75, 3.05) is 4.90 Å². The Hall–Kier alpha value is -4.01. The largest absolute Gasteiger partial charge is 0.573 e. The van der Waals surface area contributed by atoms with Crippen molar-refractivity contribution in [1.29, 1.82) is 0 Å². The molecule has 184 valence electrons. The van der Waals surface area contributed by atoms with Crippen molar-refractivity contribution in [2.24, 2.45) is 0 Å². The Balaban J connectivity index is 1.75. The number of anilines is 1. The summed E-state index contributed by atoms with van der Waals surface area (Å²) in [5.74, 6) is -2.43. The van der Waals surface area contributed by atoms with E-state index < -0.39 is 18.2 Å². The highest BCUT2D eigenvalue weighted by atomic mass is 19.4. The van der Waals surface area contributed by atoms with Crippen LogP contribution in [-0.2, 0) is 21.5 Å². The number of rotatable bonds is 6. The zero-order valence-corrected chi connectivity index (χ0v) is 19.3. The summed E-state index contributed by atoms with van der Waals surface area (Å²) >= 11 is 0. The second-order valence-electron chi connectivity index (χ2n) is 8.76. The Bertz CT molecular complexity index is 1170. The number of alkyl halides is 3. The van der Waals surface area contributed by atoms with Gasteiger partial charge < -0.3 is 14.6 Å². The normalized spacial score (nSPS) is 11.6. The fraction of sp³-hybridized carbons (Fsp3) is 0.231. The van der Waals surface area contributed by atoms with E-state index in [2.05, 4.69) is 25.5 Å². The molecule has 9 heteroatoms. The van der Waals surface area contributed by atoms with Gasteiger partial charge in [-0.25, -0.2) is 4.79 Å². The summed E-state index contributed by atoms with van der Waals surface area (Å²) in [7, 11) is 0. The molecule has 0 saturated heterocycles. The van der Waals surface area contributed by atoms with E-state index >= 15 is 0 Å². The van der Waals surface area contributed by atoms with Crippen molar-refractivity contribution in [1.82, 2.24) is 0 Å². The van der Waals surface area contributed by atoms with Gasteiger partial charge in [0.2, 0.25) is 0 Å². The monoisotopic (exact) mass is 487 g/mol. The van der Waals surface area contributed by atoms with Crippen LogP contribution in [0.4, 0.5) is 18.9 Å². The number of halogens is 3. The van der Waals surface area contributed by atoms with Crippen LogP contribution < -0.4 is 14.4 Å². The highest BCUT2D eigenvalue weighted by molar-refractivity contribution is 6.37. The minimum Gasteiger partial charge on any atom is -0.474 e. The summed E-state index contributed by atoms with van der Waals surface area (Å²) in [6.07, 6.45) is -4.79. The molecule has 6 nitrogen and oxygen atoms in total. The van der Waals surface area contributed by atoms with Crippen LogP contribution in [0.25, 0.3) is 0 Å². The van der Waals surface area contributed by atoms with Crippen molar-refractivity contribution < 1.29 is 37.3 Å². The van der Waals surface area contributed by atoms with Gasteiger partial charge >= 0.3 is 18.2 Å². The van der Waals surface area contributed by atoms with Crippen LogP contribution in [0.5, 0.6) is 17.2 Å². The van der Waals surface area contributed by atoms with Crippen LogP contribution in [-0.4, -0.2) is 23.3 Å². The number of ether oxygens (including phenoxy) is 2. The average Bonchev–Trinajstić information content (AvgIpc) is 2.78. The Labute approximate surface area is 200 Å². The Morgan fingerprint density at radius 2 is 1.29 bits per heavy atom. The minimum atomic E-state index is -4.79. The molecule has 35 heavy (non-hydrogen) atoms. The van der Waals surface area contributed by atoms with Gasteiger partial charge in [0.25, 0.3) is 0 Å². The predicted molar refractivity (Wildman–Crippen MR) is 124 cm³/mol. The summed E-state index contributed by atoms with van der Waals surface area (Å²) in [5, 5.41) is 9.29. The number of hydrogen-bond donors (Lipinski definition) is 1. The van der Waals surface area contributed by atoms with Gasteiger partial charge in [-0.3, -0.25) is 9.69 Å². The van der Waals surface area contributed by atoms with Crippen molar-refractivity contribution in [3.8, 4) is 17.2 Å². The molecule has 3 aromatic carbocycles. The number of carboxylic acid groups (broad SMARTS) is 1. The lowest BCUT2D eigenvalue weighted by Crippen LogP contribution is -2.36. The van der Waals surface area contributed by atoms with Crippen molar-refractivity contribution >= 4 is 17.6 Å². The first-order valence-electron chi connectivity index (χ1n) is 10.6. The third-order valence-corrected chi connectivity index (χ3v) is 5.03. The third kappa shape index (κ3) is 7.23. The number of carboxylic acids is 1. The van der Waals surface area contributed by atoms with Crippen LogP contribution >= 0.6 is 0 Å². The van der Waals surface area contributed by atoms with Gasteiger partial charge in [-0.15, -0.1) is 13.2 Å². The summed E-state index contributed by atoms with van der Waals surface area (Å²) in [6, 6.07) is 18.6. The second kappa shape index (κ2) is 10.1. The molecule has 0 unspecified atom stereocenters. The number of benzene rings is 3. The van der Waals surface area contributed by atoms with E-state index in [0.717, 1.165) is 28.2 Å². The SMILES string of the molecule is CC(C)(C)c1ccc(CN(C(=O)C(=O)O)c2ccc(Oc3ccc(OC(F)(F)F)cc3)cc2)cc1. The molecule has 0 atom stereocenters. The van der Waals surface area contributed by atoms with E-state index in [0.29, 0.717) is 11.4 Å². The molecule has 0 bridgehead atoms. The molecular formula is C26H24F3NO5. The molecule has 0 aromatic heterocycles. The maximum atomic E-state index is 12.4. The van der Waals surface area contributed by atoms with E-state index in [-0.39, 0.29) is 23.5 Å². The number of aliphatic carboxylic acids is 1. The fourth-order valence-electron chi connectivity index (χ4n) is 3.23. The zero-order chi connectivity index (χ0) is 25.8. The zero-order valence-electron chi connectivity index (χ0n) is 19.3. The van der Waals surface area contributed by atoms with Gasteiger partial charge in [0.15, 0.2) is 0 Å². The van der Waals surface area contributed by atoms with Crippen molar-refractivity contribution in [3.05, 3.63) is 83.9 Å². The molecule has 0 saturated carbocycles. The quantitative estimate of drug-likeness (QED) is 0.414. The van der Waals surface area contributed by atoms with E-state index in [1.54, 1.807) is 0 Å². The van der Waals surface area contributed by atoms with E-state index in [9.17, 15) is 27.9 Å². The molecule has 1 N–H and O–H groups in total. The summed E-state index contributed by atoms with van der Waals surface area (Å²) in [5.41, 5.74) is 2.17. The van der Waals surface area contributed by atoms with Crippen LogP contribution in [0, 0.1) is 0 Å². The molecule has 1 amide bonds. The first-order valence-corrected chi connectivity index (χ1v) is 10.6. The molecule has 0 radical (unpaired) electrons. The lowest BCUT2D eigenvalue weighted by atomic mass is 9.87. The number of nitrogens with zero attached hydrogens (tertiary/aromatic N) is 1. The second-order valence-corrected chi connectivity index (χ2v) is 8.76. The molecule has 0 aliphatic heterocycles.